The number of non-ortho nitro benzene ring substituents is 1. The van der Waals surface area contributed by atoms with Gasteiger partial charge in [0.15, 0.2) is 0 Å². The van der Waals surface area contributed by atoms with Crippen LogP contribution >= 0.6 is 27.5 Å². The number of nitro benzene ring substituents is 1. The topological polar surface area (TPSA) is 122 Å². The second kappa shape index (κ2) is 11.5. The zero-order valence-corrected chi connectivity index (χ0v) is 21.5. The first-order valence-electron chi connectivity index (χ1n) is 10.1. The summed E-state index contributed by atoms with van der Waals surface area (Å²) in [4.78, 5) is 23.0. The number of carbonyl (C=O) groups excluding carboxylic acids is 1. The number of sulfonamides is 1. The van der Waals surface area contributed by atoms with Crippen LogP contribution in [0.2, 0.25) is 5.02 Å². The first kappa shape index (κ1) is 26.5. The molecule has 0 saturated heterocycles. The van der Waals surface area contributed by atoms with E-state index in [0.717, 1.165) is 20.6 Å². The first-order valence-corrected chi connectivity index (χ1v) is 12.7. The lowest BCUT2D eigenvalue weighted by atomic mass is 10.2. The molecule has 0 unspecified atom stereocenters. The van der Waals surface area contributed by atoms with Crippen molar-refractivity contribution in [1.82, 2.24) is 9.73 Å². The fourth-order valence-electron chi connectivity index (χ4n) is 2.99. The van der Waals surface area contributed by atoms with Crippen LogP contribution in [-0.2, 0) is 21.4 Å². The molecule has 1 N–H and O–H groups in total. The van der Waals surface area contributed by atoms with Gasteiger partial charge in [0.2, 0.25) is 10.0 Å². The van der Waals surface area contributed by atoms with Crippen LogP contribution in [0.15, 0.2) is 81.2 Å². The fraction of sp³-hybridized carbons (Fsp3) is 0.130. The summed E-state index contributed by atoms with van der Waals surface area (Å²) < 4.78 is 28.5. The van der Waals surface area contributed by atoms with Crippen LogP contribution in [0.4, 0.5) is 5.69 Å². The van der Waals surface area contributed by atoms with Crippen LogP contribution in [0.1, 0.15) is 16.7 Å². The Morgan fingerprint density at radius 2 is 1.80 bits per heavy atom. The van der Waals surface area contributed by atoms with E-state index in [9.17, 15) is 23.3 Å². The summed E-state index contributed by atoms with van der Waals surface area (Å²) in [6.07, 6.45) is 1.15. The number of amides is 1. The number of nitrogens with one attached hydrogen (secondary N) is 1. The smallest absolute Gasteiger partial charge is 0.270 e. The minimum Gasteiger partial charge on any atom is -0.272 e. The van der Waals surface area contributed by atoms with Crippen molar-refractivity contribution in [2.75, 3.05) is 6.54 Å². The van der Waals surface area contributed by atoms with Gasteiger partial charge in [-0.05, 0) is 42.8 Å². The molecule has 12 heteroatoms. The van der Waals surface area contributed by atoms with Crippen LogP contribution in [0.25, 0.3) is 0 Å². The molecule has 0 spiro atoms. The maximum Gasteiger partial charge on any atom is 0.270 e. The van der Waals surface area contributed by atoms with E-state index in [-0.39, 0.29) is 27.7 Å². The number of nitro groups is 1. The van der Waals surface area contributed by atoms with Gasteiger partial charge in [0.25, 0.3) is 11.6 Å². The number of rotatable bonds is 9. The van der Waals surface area contributed by atoms with Crippen molar-refractivity contribution in [3.8, 4) is 0 Å². The molecule has 0 aliphatic carbocycles. The quantitative estimate of drug-likeness (QED) is 0.224. The molecule has 182 valence electrons. The van der Waals surface area contributed by atoms with Crippen molar-refractivity contribution in [2.45, 2.75) is 18.4 Å². The molecular weight excluding hydrogens is 560 g/mol. The Kier molecular flexibility index (Phi) is 8.73. The van der Waals surface area contributed by atoms with Crippen molar-refractivity contribution < 1.29 is 18.1 Å². The Labute approximate surface area is 215 Å². The number of carbonyl (C=O) groups is 1. The van der Waals surface area contributed by atoms with Gasteiger partial charge in [0.05, 0.1) is 22.6 Å². The third kappa shape index (κ3) is 7.18. The molecule has 35 heavy (non-hydrogen) atoms. The van der Waals surface area contributed by atoms with Crippen LogP contribution in [0.5, 0.6) is 0 Å². The molecule has 0 atom stereocenters. The van der Waals surface area contributed by atoms with Crippen LogP contribution < -0.4 is 5.43 Å². The summed E-state index contributed by atoms with van der Waals surface area (Å²) in [7, 11) is -4.01. The van der Waals surface area contributed by atoms with Gasteiger partial charge in [0.1, 0.15) is 0 Å². The van der Waals surface area contributed by atoms with Crippen molar-refractivity contribution in [3.05, 3.63) is 103 Å². The Balaban J connectivity index is 1.80. The molecule has 0 aromatic heterocycles. The van der Waals surface area contributed by atoms with Gasteiger partial charge in [-0.25, -0.2) is 13.8 Å². The average molecular weight is 580 g/mol. The standard InChI is InChI=1S/C23H20BrClN4O5S/c1-16-2-9-21(10-3-16)35(33,34)28(14-17-4-6-19(24)7-5-17)15-23(30)27-26-13-18-12-20(29(31)32)8-11-22(18)25/h2-13H,14-15H2,1H3,(H,27,30)/b26-13-. The minimum atomic E-state index is -4.01. The zero-order chi connectivity index (χ0) is 25.6. The number of benzene rings is 3. The maximum absolute atomic E-state index is 13.3. The summed E-state index contributed by atoms with van der Waals surface area (Å²) in [6.45, 7) is 1.29. The van der Waals surface area contributed by atoms with Crippen molar-refractivity contribution >= 4 is 55.4 Å². The monoisotopic (exact) mass is 578 g/mol. The molecular formula is C23H20BrClN4O5S. The molecule has 0 radical (unpaired) electrons. The molecule has 1 amide bonds. The Morgan fingerprint density at radius 1 is 1.14 bits per heavy atom. The van der Waals surface area contributed by atoms with E-state index < -0.39 is 27.4 Å². The minimum absolute atomic E-state index is 0.0443. The molecule has 0 aliphatic rings. The highest BCUT2D eigenvalue weighted by Crippen LogP contribution is 2.21. The first-order chi connectivity index (χ1) is 16.6. The Morgan fingerprint density at radius 3 is 2.43 bits per heavy atom. The second-order valence-corrected chi connectivity index (χ2v) is 10.7. The Bertz CT molecular complexity index is 1360. The largest absolute Gasteiger partial charge is 0.272 e. The highest BCUT2D eigenvalue weighted by atomic mass is 79.9. The van der Waals surface area contributed by atoms with E-state index in [1.807, 2.05) is 6.92 Å². The molecule has 3 aromatic carbocycles. The van der Waals surface area contributed by atoms with Crippen LogP contribution in [0, 0.1) is 17.0 Å². The van der Waals surface area contributed by atoms with E-state index in [2.05, 4.69) is 26.5 Å². The molecule has 9 nitrogen and oxygen atoms in total. The lowest BCUT2D eigenvalue weighted by Crippen LogP contribution is -2.39. The van der Waals surface area contributed by atoms with E-state index >= 15 is 0 Å². The normalized spacial score (nSPS) is 11.7. The number of aryl methyl sites for hydroxylation is 1. The molecule has 3 aromatic rings. The summed E-state index contributed by atoms with van der Waals surface area (Å²) in [5, 5.41) is 14.9. The number of halogens is 2. The predicted octanol–water partition coefficient (Wildman–Crippen LogP) is 4.66. The van der Waals surface area contributed by atoms with Crippen molar-refractivity contribution in [1.29, 1.82) is 0 Å². The van der Waals surface area contributed by atoms with E-state index in [0.29, 0.717) is 5.56 Å². The fourth-order valence-corrected chi connectivity index (χ4v) is 4.81. The van der Waals surface area contributed by atoms with Gasteiger partial charge >= 0.3 is 0 Å². The van der Waals surface area contributed by atoms with Gasteiger partial charge in [-0.3, -0.25) is 14.9 Å². The number of nitrogens with zero attached hydrogens (tertiary/aromatic N) is 3. The Hall–Kier alpha value is -3.12. The van der Waals surface area contributed by atoms with Gasteiger partial charge in [-0.2, -0.15) is 9.41 Å². The van der Waals surface area contributed by atoms with Gasteiger partial charge in [-0.1, -0.05) is 57.4 Å². The second-order valence-electron chi connectivity index (χ2n) is 7.47. The van der Waals surface area contributed by atoms with Crippen LogP contribution in [0.3, 0.4) is 0 Å². The average Bonchev–Trinajstić information content (AvgIpc) is 2.81. The summed E-state index contributed by atoms with van der Waals surface area (Å²) >= 11 is 9.36. The van der Waals surface area contributed by atoms with Gasteiger partial charge in [-0.15, -0.1) is 0 Å². The summed E-state index contributed by atoms with van der Waals surface area (Å²) in [5.74, 6) is -0.699. The highest BCUT2D eigenvalue weighted by Gasteiger charge is 2.27. The van der Waals surface area contributed by atoms with E-state index in [1.54, 1.807) is 36.4 Å². The highest BCUT2D eigenvalue weighted by molar-refractivity contribution is 9.10. The summed E-state index contributed by atoms with van der Waals surface area (Å²) in [6, 6.07) is 17.2. The third-order valence-electron chi connectivity index (χ3n) is 4.83. The lowest BCUT2D eigenvalue weighted by Gasteiger charge is -2.21. The SMILES string of the molecule is Cc1ccc(S(=O)(=O)N(CC(=O)N/N=C\c2cc([N+](=O)[O-])ccc2Cl)Cc2ccc(Br)cc2)cc1. The number of hydrogen-bond acceptors (Lipinski definition) is 6. The van der Waals surface area contributed by atoms with E-state index in [4.69, 9.17) is 11.6 Å². The van der Waals surface area contributed by atoms with Crippen LogP contribution in [-0.4, -0.2) is 36.3 Å². The van der Waals surface area contributed by atoms with Crippen molar-refractivity contribution in [3.63, 3.8) is 0 Å². The lowest BCUT2D eigenvalue weighted by molar-refractivity contribution is -0.384. The molecule has 0 fully saturated rings. The van der Waals surface area contributed by atoms with Gasteiger partial charge in [0, 0.05) is 33.7 Å². The molecule has 0 heterocycles. The maximum atomic E-state index is 13.3. The molecule has 0 bridgehead atoms. The van der Waals surface area contributed by atoms with Crippen molar-refractivity contribution in [2.24, 2.45) is 5.10 Å². The summed E-state index contributed by atoms with van der Waals surface area (Å²) in [5.41, 5.74) is 3.87. The molecule has 0 saturated carbocycles. The van der Waals surface area contributed by atoms with Gasteiger partial charge < -0.3 is 0 Å². The zero-order valence-electron chi connectivity index (χ0n) is 18.4. The number of hydrazone groups is 1. The molecule has 3 rings (SSSR count). The molecule has 0 aliphatic heterocycles. The predicted molar refractivity (Wildman–Crippen MR) is 137 cm³/mol. The van der Waals surface area contributed by atoms with E-state index in [1.165, 1.54) is 30.3 Å². The number of hydrogen-bond donors (Lipinski definition) is 1. The third-order valence-corrected chi connectivity index (χ3v) is 7.51.